The maximum Gasteiger partial charge on any atom is 0.335 e. The van der Waals surface area contributed by atoms with E-state index >= 15 is 0 Å². The molecule has 0 fully saturated rings. The number of rotatable bonds is 4. The Morgan fingerprint density at radius 1 is 1.38 bits per heavy atom. The van der Waals surface area contributed by atoms with Crippen molar-refractivity contribution in [3.8, 4) is 0 Å². The summed E-state index contributed by atoms with van der Waals surface area (Å²) in [6.07, 6.45) is 5.22. The monoisotopic (exact) mass is 222 g/mol. The first-order valence-electron chi connectivity index (χ1n) is 5.48. The van der Waals surface area contributed by atoms with Crippen molar-refractivity contribution in [2.45, 2.75) is 19.8 Å². The number of hydrogen-bond acceptors (Lipinski definition) is 3. The Hall–Kier alpha value is -1.58. The Balaban J connectivity index is 2.23. The van der Waals surface area contributed by atoms with E-state index in [1.807, 2.05) is 19.1 Å². The molecule has 0 amide bonds. The normalized spacial score (nSPS) is 26.3. The summed E-state index contributed by atoms with van der Waals surface area (Å²) in [7, 11) is 0. The van der Waals surface area contributed by atoms with E-state index in [0.717, 1.165) is 6.42 Å². The molecule has 0 spiro atoms. The second-order valence-electron chi connectivity index (χ2n) is 4.10. The van der Waals surface area contributed by atoms with Gasteiger partial charge in [0.05, 0.1) is 17.8 Å². The maximum absolute atomic E-state index is 11.7. The quantitative estimate of drug-likeness (QED) is 0.578. The number of carboxylic acid groups (broad SMARTS) is 1. The third-order valence-electron chi connectivity index (χ3n) is 3.00. The molecule has 0 saturated heterocycles. The van der Waals surface area contributed by atoms with Crippen LogP contribution in [0.3, 0.4) is 0 Å². The molecule has 4 nitrogen and oxygen atoms in total. The van der Waals surface area contributed by atoms with E-state index in [4.69, 9.17) is 9.84 Å². The van der Waals surface area contributed by atoms with Gasteiger partial charge < -0.3 is 9.84 Å². The Kier molecular flexibility index (Phi) is 2.81. The molecule has 4 heteroatoms. The van der Waals surface area contributed by atoms with Crippen molar-refractivity contribution in [1.29, 1.82) is 0 Å². The lowest BCUT2D eigenvalue weighted by Crippen LogP contribution is -2.17. The average molecular weight is 222 g/mol. The fourth-order valence-electron chi connectivity index (χ4n) is 2.33. The van der Waals surface area contributed by atoms with E-state index in [2.05, 4.69) is 0 Å². The van der Waals surface area contributed by atoms with Gasteiger partial charge in [-0.3, -0.25) is 0 Å². The average Bonchev–Trinajstić information content (AvgIpc) is 2.84. The minimum Gasteiger partial charge on any atom is -0.478 e. The molecule has 0 aromatic rings. The highest BCUT2D eigenvalue weighted by molar-refractivity contribution is 6.02. The SMILES string of the molecule is CCCOC(=O)C1=C(C(=O)O)[C@@H]2C=C[C@H]1C2. The molecule has 0 aliphatic heterocycles. The summed E-state index contributed by atoms with van der Waals surface area (Å²) >= 11 is 0. The molecule has 86 valence electrons. The number of esters is 1. The second-order valence-corrected chi connectivity index (χ2v) is 4.10. The summed E-state index contributed by atoms with van der Waals surface area (Å²) in [5, 5.41) is 9.08. The van der Waals surface area contributed by atoms with E-state index < -0.39 is 11.9 Å². The number of aliphatic carboxylic acids is 1. The number of fused-ring (bicyclic) bond motifs is 2. The number of ether oxygens (including phenoxy) is 1. The summed E-state index contributed by atoms with van der Waals surface area (Å²) in [6.45, 7) is 2.25. The Morgan fingerprint density at radius 2 is 2.00 bits per heavy atom. The van der Waals surface area contributed by atoms with Crippen LogP contribution in [0.25, 0.3) is 0 Å². The van der Waals surface area contributed by atoms with Crippen LogP contribution in [-0.2, 0) is 14.3 Å². The first-order chi connectivity index (χ1) is 7.65. The molecular formula is C12H14O4. The first-order valence-corrected chi connectivity index (χ1v) is 5.48. The number of hydrogen-bond donors (Lipinski definition) is 1. The molecule has 0 aromatic carbocycles. The van der Waals surface area contributed by atoms with E-state index in [1.165, 1.54) is 0 Å². The van der Waals surface area contributed by atoms with Crippen LogP contribution in [0.2, 0.25) is 0 Å². The van der Waals surface area contributed by atoms with Gasteiger partial charge in [0.2, 0.25) is 0 Å². The van der Waals surface area contributed by atoms with Gasteiger partial charge in [0.1, 0.15) is 0 Å². The predicted molar refractivity (Wildman–Crippen MR) is 56.6 cm³/mol. The van der Waals surface area contributed by atoms with Crippen LogP contribution in [0.4, 0.5) is 0 Å². The lowest BCUT2D eigenvalue weighted by atomic mass is 9.97. The number of carbonyl (C=O) groups is 2. The van der Waals surface area contributed by atoms with E-state index in [0.29, 0.717) is 18.6 Å². The minimum atomic E-state index is -1.000. The van der Waals surface area contributed by atoms with Gasteiger partial charge in [-0.25, -0.2) is 9.59 Å². The third kappa shape index (κ3) is 1.64. The van der Waals surface area contributed by atoms with E-state index in [9.17, 15) is 9.59 Å². The summed E-state index contributed by atoms with van der Waals surface area (Å²) < 4.78 is 5.01. The maximum atomic E-state index is 11.7. The van der Waals surface area contributed by atoms with Crippen LogP contribution in [0.5, 0.6) is 0 Å². The van der Waals surface area contributed by atoms with Gasteiger partial charge in [0.25, 0.3) is 0 Å². The summed E-state index contributed by atoms with van der Waals surface area (Å²) in [5.41, 5.74) is 0.585. The van der Waals surface area contributed by atoms with Crippen molar-refractivity contribution in [2.75, 3.05) is 6.61 Å². The highest BCUT2D eigenvalue weighted by atomic mass is 16.5. The second kappa shape index (κ2) is 4.12. The summed E-state index contributed by atoms with van der Waals surface area (Å²) in [4.78, 5) is 22.8. The zero-order chi connectivity index (χ0) is 11.7. The minimum absolute atomic E-state index is 0.0551. The zero-order valence-corrected chi connectivity index (χ0v) is 9.10. The molecule has 2 aliphatic carbocycles. The van der Waals surface area contributed by atoms with Gasteiger partial charge in [0.15, 0.2) is 0 Å². The van der Waals surface area contributed by atoms with Crippen molar-refractivity contribution in [2.24, 2.45) is 11.8 Å². The highest BCUT2D eigenvalue weighted by Gasteiger charge is 2.42. The molecule has 2 atom stereocenters. The van der Waals surface area contributed by atoms with Gasteiger partial charge in [-0.15, -0.1) is 0 Å². The molecule has 0 aromatic heterocycles. The third-order valence-corrected chi connectivity index (χ3v) is 3.00. The molecule has 0 unspecified atom stereocenters. The van der Waals surface area contributed by atoms with Crippen LogP contribution in [0.15, 0.2) is 23.3 Å². The van der Waals surface area contributed by atoms with Gasteiger partial charge in [-0.2, -0.15) is 0 Å². The van der Waals surface area contributed by atoms with Crippen LogP contribution in [-0.4, -0.2) is 23.7 Å². The van der Waals surface area contributed by atoms with Crippen molar-refractivity contribution in [1.82, 2.24) is 0 Å². The number of carboxylic acids is 1. The molecule has 16 heavy (non-hydrogen) atoms. The molecule has 2 rings (SSSR count). The van der Waals surface area contributed by atoms with Crippen LogP contribution < -0.4 is 0 Å². The largest absolute Gasteiger partial charge is 0.478 e. The molecule has 2 aliphatic rings. The Bertz CT molecular complexity index is 392. The molecule has 2 bridgehead atoms. The molecule has 0 saturated carbocycles. The lowest BCUT2D eigenvalue weighted by molar-refractivity contribution is -0.140. The topological polar surface area (TPSA) is 63.6 Å². The lowest BCUT2D eigenvalue weighted by Gasteiger charge is -2.12. The first kappa shape index (κ1) is 10.9. The van der Waals surface area contributed by atoms with Gasteiger partial charge >= 0.3 is 11.9 Å². The summed E-state index contributed by atoms with van der Waals surface area (Å²) in [6, 6.07) is 0. The number of allylic oxidation sites excluding steroid dienone is 2. The van der Waals surface area contributed by atoms with Crippen molar-refractivity contribution >= 4 is 11.9 Å². The summed E-state index contributed by atoms with van der Waals surface area (Å²) in [5.74, 6) is -1.62. The predicted octanol–water partition coefficient (Wildman–Crippen LogP) is 1.53. The highest BCUT2D eigenvalue weighted by Crippen LogP contribution is 2.44. The van der Waals surface area contributed by atoms with E-state index in [1.54, 1.807) is 0 Å². The van der Waals surface area contributed by atoms with E-state index in [-0.39, 0.29) is 17.4 Å². The molecule has 0 heterocycles. The Labute approximate surface area is 93.6 Å². The van der Waals surface area contributed by atoms with Crippen molar-refractivity contribution in [3.05, 3.63) is 23.3 Å². The van der Waals surface area contributed by atoms with Crippen molar-refractivity contribution < 1.29 is 19.4 Å². The molecule has 0 radical (unpaired) electrons. The van der Waals surface area contributed by atoms with Gasteiger partial charge in [-0.1, -0.05) is 19.1 Å². The fraction of sp³-hybridized carbons (Fsp3) is 0.500. The number of carbonyl (C=O) groups excluding carboxylic acids is 1. The van der Waals surface area contributed by atoms with Gasteiger partial charge in [0, 0.05) is 11.8 Å². The van der Waals surface area contributed by atoms with Gasteiger partial charge in [-0.05, 0) is 12.8 Å². The van der Waals surface area contributed by atoms with Crippen LogP contribution in [0, 0.1) is 11.8 Å². The van der Waals surface area contributed by atoms with Crippen LogP contribution in [0.1, 0.15) is 19.8 Å². The standard InChI is InChI=1S/C12H14O4/c1-2-5-16-12(15)10-8-4-3-7(6-8)9(10)11(13)14/h3-4,7-8H,2,5-6H2,1H3,(H,13,14)/t7-,8+/m1/s1. The fourth-order valence-corrected chi connectivity index (χ4v) is 2.33. The van der Waals surface area contributed by atoms with Crippen molar-refractivity contribution in [3.63, 3.8) is 0 Å². The molecule has 1 N–H and O–H groups in total. The smallest absolute Gasteiger partial charge is 0.335 e. The van der Waals surface area contributed by atoms with Crippen LogP contribution >= 0.6 is 0 Å². The Morgan fingerprint density at radius 3 is 2.56 bits per heavy atom. The molecular weight excluding hydrogens is 208 g/mol. The zero-order valence-electron chi connectivity index (χ0n) is 9.10.